The second-order valence-corrected chi connectivity index (χ2v) is 5.89. The zero-order chi connectivity index (χ0) is 14.9. The molecular formula is C18H16ClN3. The fourth-order valence-corrected chi connectivity index (χ4v) is 3.19. The summed E-state index contributed by atoms with van der Waals surface area (Å²) in [6, 6.07) is 18.2. The van der Waals surface area contributed by atoms with Gasteiger partial charge in [-0.1, -0.05) is 41.9 Å². The van der Waals surface area contributed by atoms with E-state index in [2.05, 4.69) is 28.2 Å². The number of aromatic nitrogens is 2. The van der Waals surface area contributed by atoms with Crippen molar-refractivity contribution in [3.05, 3.63) is 70.9 Å². The molecule has 1 N–H and O–H groups in total. The highest BCUT2D eigenvalue weighted by molar-refractivity contribution is 6.30. The summed E-state index contributed by atoms with van der Waals surface area (Å²) in [5.74, 6) is 0. The monoisotopic (exact) mass is 309 g/mol. The largest absolute Gasteiger partial charge is 0.312 e. The minimum atomic E-state index is 0.740. The van der Waals surface area contributed by atoms with Crippen LogP contribution in [-0.2, 0) is 13.0 Å². The minimum Gasteiger partial charge on any atom is -0.312 e. The topological polar surface area (TPSA) is 29.9 Å². The summed E-state index contributed by atoms with van der Waals surface area (Å²) < 4.78 is 2.08. The quantitative estimate of drug-likeness (QED) is 0.779. The van der Waals surface area contributed by atoms with Crippen LogP contribution < -0.4 is 5.32 Å². The highest BCUT2D eigenvalue weighted by Gasteiger charge is 2.22. The molecule has 1 aliphatic rings. The van der Waals surface area contributed by atoms with Gasteiger partial charge >= 0.3 is 0 Å². The van der Waals surface area contributed by atoms with Gasteiger partial charge in [-0.3, -0.25) is 0 Å². The summed E-state index contributed by atoms with van der Waals surface area (Å²) in [6.07, 6.45) is 0.984. The van der Waals surface area contributed by atoms with E-state index in [0.29, 0.717) is 0 Å². The second kappa shape index (κ2) is 5.59. The SMILES string of the molecule is Clc1cccc(-c2nn(-c3ccccc3)c3c2CNCC3)c1. The number of rotatable bonds is 2. The second-order valence-electron chi connectivity index (χ2n) is 5.46. The van der Waals surface area contributed by atoms with Crippen molar-refractivity contribution in [1.82, 2.24) is 15.1 Å². The third kappa shape index (κ3) is 2.32. The first-order valence-corrected chi connectivity index (χ1v) is 7.83. The molecule has 1 aromatic heterocycles. The van der Waals surface area contributed by atoms with Crippen LogP contribution in [0.4, 0.5) is 0 Å². The Hall–Kier alpha value is -2.10. The van der Waals surface area contributed by atoms with Gasteiger partial charge in [0.05, 0.1) is 17.1 Å². The van der Waals surface area contributed by atoms with Gasteiger partial charge in [0, 0.05) is 35.7 Å². The predicted octanol–water partition coefficient (Wildman–Crippen LogP) is 3.84. The summed E-state index contributed by atoms with van der Waals surface area (Å²) in [5, 5.41) is 9.08. The highest BCUT2D eigenvalue weighted by Crippen LogP contribution is 2.30. The van der Waals surface area contributed by atoms with Gasteiger partial charge in [-0.05, 0) is 24.3 Å². The average Bonchev–Trinajstić information content (AvgIpc) is 2.95. The van der Waals surface area contributed by atoms with E-state index in [0.717, 1.165) is 41.5 Å². The van der Waals surface area contributed by atoms with Crippen molar-refractivity contribution in [3.63, 3.8) is 0 Å². The Morgan fingerprint density at radius 2 is 1.91 bits per heavy atom. The standard InChI is InChI=1S/C18H16ClN3/c19-14-6-4-5-13(11-14)18-16-12-20-10-9-17(16)22(21-18)15-7-2-1-3-8-15/h1-8,11,20H,9-10,12H2. The van der Waals surface area contributed by atoms with E-state index in [-0.39, 0.29) is 0 Å². The lowest BCUT2D eigenvalue weighted by Gasteiger charge is -2.15. The maximum atomic E-state index is 6.15. The summed E-state index contributed by atoms with van der Waals surface area (Å²) in [7, 11) is 0. The fraction of sp³-hybridized carbons (Fsp3) is 0.167. The molecule has 1 aliphatic heterocycles. The first kappa shape index (κ1) is 13.6. The molecule has 3 nitrogen and oxygen atoms in total. The molecule has 4 rings (SSSR count). The van der Waals surface area contributed by atoms with Crippen molar-refractivity contribution < 1.29 is 0 Å². The van der Waals surface area contributed by atoms with Gasteiger partial charge in [0.1, 0.15) is 0 Å². The Balaban J connectivity index is 1.91. The van der Waals surface area contributed by atoms with E-state index in [1.807, 2.05) is 36.4 Å². The van der Waals surface area contributed by atoms with Crippen LogP contribution in [0.1, 0.15) is 11.3 Å². The zero-order valence-electron chi connectivity index (χ0n) is 12.1. The Morgan fingerprint density at radius 3 is 2.73 bits per heavy atom. The smallest absolute Gasteiger partial charge is 0.0976 e. The molecule has 0 amide bonds. The molecule has 3 aromatic rings. The molecule has 22 heavy (non-hydrogen) atoms. The maximum absolute atomic E-state index is 6.15. The molecule has 0 spiro atoms. The van der Waals surface area contributed by atoms with E-state index in [4.69, 9.17) is 16.7 Å². The first-order chi connectivity index (χ1) is 10.8. The van der Waals surface area contributed by atoms with Crippen molar-refractivity contribution in [3.8, 4) is 16.9 Å². The van der Waals surface area contributed by atoms with Crippen LogP contribution in [0.25, 0.3) is 16.9 Å². The van der Waals surface area contributed by atoms with Gasteiger partial charge in [0.25, 0.3) is 0 Å². The number of nitrogens with zero attached hydrogens (tertiary/aromatic N) is 2. The Morgan fingerprint density at radius 1 is 1.05 bits per heavy atom. The average molecular weight is 310 g/mol. The maximum Gasteiger partial charge on any atom is 0.0976 e. The normalized spacial score (nSPS) is 13.9. The third-order valence-electron chi connectivity index (χ3n) is 4.03. The fourth-order valence-electron chi connectivity index (χ4n) is 3.00. The number of hydrogen-bond donors (Lipinski definition) is 1. The molecule has 0 fully saturated rings. The molecule has 0 radical (unpaired) electrons. The third-order valence-corrected chi connectivity index (χ3v) is 4.26. The van der Waals surface area contributed by atoms with E-state index >= 15 is 0 Å². The highest BCUT2D eigenvalue weighted by atomic mass is 35.5. The van der Waals surface area contributed by atoms with Gasteiger partial charge in [0.15, 0.2) is 0 Å². The molecule has 2 heterocycles. The molecule has 0 atom stereocenters. The number of halogens is 1. The van der Waals surface area contributed by atoms with Crippen LogP contribution in [0, 0.1) is 0 Å². The number of para-hydroxylation sites is 1. The Kier molecular flexibility index (Phi) is 3.45. The van der Waals surface area contributed by atoms with E-state index < -0.39 is 0 Å². The summed E-state index contributed by atoms with van der Waals surface area (Å²) >= 11 is 6.15. The summed E-state index contributed by atoms with van der Waals surface area (Å²) in [6.45, 7) is 1.84. The van der Waals surface area contributed by atoms with Crippen molar-refractivity contribution in [2.45, 2.75) is 13.0 Å². The van der Waals surface area contributed by atoms with Gasteiger partial charge in [0.2, 0.25) is 0 Å². The van der Waals surface area contributed by atoms with Crippen LogP contribution in [0.3, 0.4) is 0 Å². The molecular weight excluding hydrogens is 294 g/mol. The van der Waals surface area contributed by atoms with Crippen LogP contribution in [0.2, 0.25) is 5.02 Å². The van der Waals surface area contributed by atoms with Gasteiger partial charge < -0.3 is 5.32 Å². The van der Waals surface area contributed by atoms with E-state index in [9.17, 15) is 0 Å². The number of benzene rings is 2. The van der Waals surface area contributed by atoms with Crippen molar-refractivity contribution in [2.24, 2.45) is 0 Å². The molecule has 0 aliphatic carbocycles. The predicted molar refractivity (Wildman–Crippen MR) is 89.4 cm³/mol. The van der Waals surface area contributed by atoms with E-state index in [1.54, 1.807) is 0 Å². The molecule has 0 unspecified atom stereocenters. The molecule has 0 saturated carbocycles. The Bertz CT molecular complexity index is 808. The van der Waals surface area contributed by atoms with Gasteiger partial charge in [-0.15, -0.1) is 0 Å². The van der Waals surface area contributed by atoms with Crippen LogP contribution in [0.15, 0.2) is 54.6 Å². The van der Waals surface area contributed by atoms with Crippen molar-refractivity contribution in [2.75, 3.05) is 6.54 Å². The zero-order valence-corrected chi connectivity index (χ0v) is 12.8. The number of fused-ring (bicyclic) bond motifs is 1. The molecule has 110 valence electrons. The molecule has 0 bridgehead atoms. The molecule has 2 aromatic carbocycles. The Labute approximate surface area is 134 Å². The first-order valence-electron chi connectivity index (χ1n) is 7.46. The lowest BCUT2D eigenvalue weighted by Crippen LogP contribution is -2.24. The van der Waals surface area contributed by atoms with Crippen LogP contribution in [-0.4, -0.2) is 16.3 Å². The lowest BCUT2D eigenvalue weighted by molar-refractivity contribution is 0.623. The van der Waals surface area contributed by atoms with Gasteiger partial charge in [-0.2, -0.15) is 5.10 Å². The van der Waals surface area contributed by atoms with Crippen molar-refractivity contribution >= 4 is 11.6 Å². The molecule has 4 heteroatoms. The summed E-state index contributed by atoms with van der Waals surface area (Å²) in [4.78, 5) is 0. The summed E-state index contributed by atoms with van der Waals surface area (Å²) in [5.41, 5.74) is 5.77. The van der Waals surface area contributed by atoms with Gasteiger partial charge in [-0.25, -0.2) is 4.68 Å². The number of nitrogens with one attached hydrogen (secondary N) is 1. The lowest BCUT2D eigenvalue weighted by atomic mass is 10.0. The molecule has 0 saturated heterocycles. The van der Waals surface area contributed by atoms with E-state index in [1.165, 1.54) is 11.3 Å². The minimum absolute atomic E-state index is 0.740. The van der Waals surface area contributed by atoms with Crippen LogP contribution in [0.5, 0.6) is 0 Å². The van der Waals surface area contributed by atoms with Crippen molar-refractivity contribution in [1.29, 1.82) is 0 Å². The van der Waals surface area contributed by atoms with Crippen LogP contribution >= 0.6 is 11.6 Å². The number of hydrogen-bond acceptors (Lipinski definition) is 2.